The van der Waals surface area contributed by atoms with Crippen LogP contribution < -0.4 is 20.1 Å². The van der Waals surface area contributed by atoms with Gasteiger partial charge in [-0.3, -0.25) is 4.79 Å². The van der Waals surface area contributed by atoms with Crippen LogP contribution in [0.3, 0.4) is 0 Å². The van der Waals surface area contributed by atoms with Gasteiger partial charge in [0, 0.05) is 27.2 Å². The number of amides is 1. The molecule has 1 aliphatic rings. The lowest BCUT2D eigenvalue weighted by Crippen LogP contribution is -2.31. The van der Waals surface area contributed by atoms with Crippen LogP contribution in [0.15, 0.2) is 113 Å². The van der Waals surface area contributed by atoms with Crippen molar-refractivity contribution in [3.8, 4) is 11.5 Å². The molecule has 11 heteroatoms. The zero-order chi connectivity index (χ0) is 31.3. The largest absolute Gasteiger partial charge is 0.493 e. The fraction of sp³-hybridized carbons (Fsp3) is 0.147. The van der Waals surface area contributed by atoms with Gasteiger partial charge in [-0.2, -0.15) is 4.98 Å². The fourth-order valence-electron chi connectivity index (χ4n) is 4.99. The van der Waals surface area contributed by atoms with Gasteiger partial charge in [0.1, 0.15) is 12.6 Å². The molecule has 6 rings (SSSR count). The van der Waals surface area contributed by atoms with Crippen molar-refractivity contribution >= 4 is 52.5 Å². The molecule has 0 spiro atoms. The number of para-hydroxylation sites is 1. The number of benzene rings is 4. The van der Waals surface area contributed by atoms with Gasteiger partial charge < -0.3 is 20.1 Å². The highest BCUT2D eigenvalue weighted by atomic mass is 35.5. The molecule has 0 bridgehead atoms. The average molecular weight is 659 g/mol. The van der Waals surface area contributed by atoms with Gasteiger partial charge in [0.15, 0.2) is 11.5 Å². The summed E-state index contributed by atoms with van der Waals surface area (Å²) in [6, 6.07) is 29.5. The van der Waals surface area contributed by atoms with Crippen molar-refractivity contribution < 1.29 is 14.3 Å². The van der Waals surface area contributed by atoms with Crippen LogP contribution in [0, 0.1) is 0 Å². The minimum Gasteiger partial charge on any atom is -0.493 e. The van der Waals surface area contributed by atoms with Crippen LogP contribution in [0.25, 0.3) is 0 Å². The maximum atomic E-state index is 13.9. The van der Waals surface area contributed by atoms with E-state index < -0.39 is 6.04 Å². The summed E-state index contributed by atoms with van der Waals surface area (Å²) in [5.74, 6) is 1.95. The number of anilines is 2. The first kappa shape index (κ1) is 30.6. The van der Waals surface area contributed by atoms with E-state index in [1.54, 1.807) is 11.8 Å². The Labute approximate surface area is 275 Å². The number of methoxy groups -OCH3 is 1. The molecule has 0 saturated carbocycles. The van der Waals surface area contributed by atoms with Crippen LogP contribution in [0.2, 0.25) is 10.0 Å². The van der Waals surface area contributed by atoms with E-state index in [1.165, 1.54) is 11.8 Å². The van der Waals surface area contributed by atoms with Gasteiger partial charge in [-0.05, 0) is 66.1 Å². The van der Waals surface area contributed by atoms with E-state index >= 15 is 0 Å². The number of carbonyl (C=O) groups excluding carboxylic acids is 1. The van der Waals surface area contributed by atoms with Gasteiger partial charge in [-0.15, -0.1) is 5.10 Å². The molecular weight excluding hydrogens is 629 g/mol. The summed E-state index contributed by atoms with van der Waals surface area (Å²) in [7, 11) is 1.59. The SMILES string of the molecule is COc1cc(C2C(C(=O)Nc3ccccc3)=C(C)Nc3nc(SCc4ccccc4Cl)nn32)ccc1OCc1ccc(Cl)cc1. The summed E-state index contributed by atoms with van der Waals surface area (Å²) in [4.78, 5) is 18.6. The Hall–Kier alpha value is -4.44. The van der Waals surface area contributed by atoms with Crippen molar-refractivity contribution in [3.63, 3.8) is 0 Å². The Bertz CT molecular complexity index is 1860. The standard InChI is InChI=1S/C34H29Cl2N5O3S/c1-21-30(32(42)38-26-9-4-3-5-10-26)31(41-33(37-21)39-34(40-41)45-20-24-8-6-7-11-27(24)36)23-14-17-28(29(18-23)43-2)44-19-22-12-15-25(35)16-13-22/h3-18,31H,19-20H2,1-2H3,(H,38,42)(H,37,39,40). The smallest absolute Gasteiger partial charge is 0.255 e. The molecule has 5 aromatic rings. The van der Waals surface area contributed by atoms with E-state index in [2.05, 4.69) is 10.6 Å². The Balaban J connectivity index is 1.34. The molecule has 1 aliphatic heterocycles. The molecule has 1 amide bonds. The maximum absolute atomic E-state index is 13.9. The first-order chi connectivity index (χ1) is 21.9. The number of thioether (sulfide) groups is 1. The number of nitrogens with one attached hydrogen (secondary N) is 2. The molecule has 4 aromatic carbocycles. The lowest BCUT2D eigenvalue weighted by Gasteiger charge is -2.29. The summed E-state index contributed by atoms with van der Waals surface area (Å²) in [5.41, 5.74) is 4.58. The summed E-state index contributed by atoms with van der Waals surface area (Å²) in [6.07, 6.45) is 0. The van der Waals surface area contributed by atoms with E-state index in [0.29, 0.717) is 62.0 Å². The van der Waals surface area contributed by atoms with Crippen LogP contribution in [0.1, 0.15) is 29.7 Å². The van der Waals surface area contributed by atoms with Crippen LogP contribution >= 0.6 is 35.0 Å². The highest BCUT2D eigenvalue weighted by Crippen LogP contribution is 2.40. The second-order valence-electron chi connectivity index (χ2n) is 10.3. The van der Waals surface area contributed by atoms with E-state index in [4.69, 9.17) is 42.8 Å². The summed E-state index contributed by atoms with van der Waals surface area (Å²) >= 11 is 13.9. The Kier molecular flexibility index (Phi) is 9.30. The second kappa shape index (κ2) is 13.7. The molecule has 0 saturated heterocycles. The number of rotatable bonds is 10. The van der Waals surface area contributed by atoms with E-state index in [-0.39, 0.29) is 5.91 Å². The topological polar surface area (TPSA) is 90.3 Å². The number of fused-ring (bicyclic) bond motifs is 1. The molecule has 0 aliphatic carbocycles. The highest BCUT2D eigenvalue weighted by Gasteiger charge is 2.35. The van der Waals surface area contributed by atoms with Crippen LogP contribution in [0.5, 0.6) is 11.5 Å². The van der Waals surface area contributed by atoms with Crippen molar-refractivity contribution in [2.75, 3.05) is 17.7 Å². The molecule has 8 nitrogen and oxygen atoms in total. The molecule has 45 heavy (non-hydrogen) atoms. The van der Waals surface area contributed by atoms with Gasteiger partial charge >= 0.3 is 0 Å². The first-order valence-electron chi connectivity index (χ1n) is 14.1. The number of hydrogen-bond donors (Lipinski definition) is 2. The van der Waals surface area contributed by atoms with E-state index in [9.17, 15) is 4.79 Å². The normalized spacial score (nSPS) is 14.0. The summed E-state index contributed by atoms with van der Waals surface area (Å²) in [5, 5.41) is 13.1. The summed E-state index contributed by atoms with van der Waals surface area (Å²) in [6.45, 7) is 2.20. The molecule has 1 aromatic heterocycles. The van der Waals surface area contributed by atoms with Crippen LogP contribution in [-0.4, -0.2) is 27.8 Å². The zero-order valence-electron chi connectivity index (χ0n) is 24.5. The molecule has 2 N–H and O–H groups in total. The van der Waals surface area contributed by atoms with Crippen molar-refractivity contribution in [1.82, 2.24) is 14.8 Å². The van der Waals surface area contributed by atoms with Crippen molar-refractivity contribution in [1.29, 1.82) is 0 Å². The van der Waals surface area contributed by atoms with Crippen molar-refractivity contribution in [2.45, 2.75) is 30.5 Å². The fourth-order valence-corrected chi connectivity index (χ4v) is 6.23. The quantitative estimate of drug-likeness (QED) is 0.146. The van der Waals surface area contributed by atoms with Gasteiger partial charge in [0.05, 0.1) is 12.7 Å². The van der Waals surface area contributed by atoms with Gasteiger partial charge in [0.25, 0.3) is 5.91 Å². The second-order valence-corrected chi connectivity index (χ2v) is 12.0. The maximum Gasteiger partial charge on any atom is 0.255 e. The minimum absolute atomic E-state index is 0.260. The van der Waals surface area contributed by atoms with Gasteiger partial charge in [-0.25, -0.2) is 4.68 Å². The number of carbonyl (C=O) groups is 1. The van der Waals surface area contributed by atoms with Crippen molar-refractivity contribution in [2.24, 2.45) is 0 Å². The monoisotopic (exact) mass is 657 g/mol. The predicted octanol–water partition coefficient (Wildman–Crippen LogP) is 8.39. The van der Waals surface area contributed by atoms with Gasteiger partial charge in [-0.1, -0.05) is 89.6 Å². The van der Waals surface area contributed by atoms with Crippen LogP contribution in [-0.2, 0) is 17.2 Å². The third kappa shape index (κ3) is 6.96. The van der Waals surface area contributed by atoms with E-state index in [1.807, 2.05) is 104 Å². The average Bonchev–Trinajstić information content (AvgIpc) is 3.46. The minimum atomic E-state index is -0.605. The number of halogens is 2. The Morgan fingerprint density at radius 1 is 0.978 bits per heavy atom. The molecular formula is C34H29Cl2N5O3S. The molecule has 1 atom stereocenters. The third-order valence-corrected chi connectivity index (χ3v) is 8.74. The molecule has 1 unspecified atom stereocenters. The number of nitrogens with zero attached hydrogens (tertiary/aromatic N) is 3. The molecule has 0 fully saturated rings. The molecule has 2 heterocycles. The highest BCUT2D eigenvalue weighted by molar-refractivity contribution is 7.98. The predicted molar refractivity (Wildman–Crippen MR) is 179 cm³/mol. The number of hydrogen-bond acceptors (Lipinski definition) is 7. The zero-order valence-corrected chi connectivity index (χ0v) is 26.8. The third-order valence-electron chi connectivity index (χ3n) is 7.24. The Morgan fingerprint density at radius 2 is 1.73 bits per heavy atom. The van der Waals surface area contributed by atoms with Crippen LogP contribution in [0.4, 0.5) is 11.6 Å². The lowest BCUT2D eigenvalue weighted by molar-refractivity contribution is -0.113. The Morgan fingerprint density at radius 3 is 2.49 bits per heavy atom. The number of aromatic nitrogens is 3. The molecule has 228 valence electrons. The van der Waals surface area contributed by atoms with Crippen molar-refractivity contribution in [3.05, 3.63) is 135 Å². The molecule has 0 radical (unpaired) electrons. The number of ether oxygens (including phenoxy) is 2. The number of allylic oxidation sites excluding steroid dienone is 1. The van der Waals surface area contributed by atoms with E-state index in [0.717, 1.165) is 16.7 Å². The summed E-state index contributed by atoms with van der Waals surface area (Å²) < 4.78 is 13.6. The van der Waals surface area contributed by atoms with Gasteiger partial charge in [0.2, 0.25) is 11.1 Å². The lowest BCUT2D eigenvalue weighted by atomic mass is 9.94. The first-order valence-corrected chi connectivity index (χ1v) is 15.9.